The van der Waals surface area contributed by atoms with Crippen molar-refractivity contribution in [3.63, 3.8) is 0 Å². The van der Waals surface area contributed by atoms with E-state index in [4.69, 9.17) is 10.5 Å². The second-order valence-corrected chi connectivity index (χ2v) is 5.10. The normalized spacial score (nSPS) is 16.5. The molecule has 2 heteroatoms. The Hall–Kier alpha value is -1.02. The highest BCUT2D eigenvalue weighted by Gasteiger charge is 2.20. The molecule has 0 fully saturated rings. The van der Waals surface area contributed by atoms with E-state index in [9.17, 15) is 0 Å². The number of methoxy groups -OCH3 is 1. The Kier molecular flexibility index (Phi) is 3.72. The Morgan fingerprint density at radius 1 is 1.35 bits per heavy atom. The van der Waals surface area contributed by atoms with Crippen LogP contribution in [0.2, 0.25) is 0 Å². The highest BCUT2D eigenvalue weighted by molar-refractivity contribution is 5.51. The number of ether oxygens (including phenoxy) is 1. The van der Waals surface area contributed by atoms with E-state index >= 15 is 0 Å². The summed E-state index contributed by atoms with van der Waals surface area (Å²) in [7, 11) is 1.76. The largest absolute Gasteiger partial charge is 0.496 e. The van der Waals surface area contributed by atoms with E-state index in [0.717, 1.165) is 5.75 Å². The maximum Gasteiger partial charge on any atom is 0.122 e. The van der Waals surface area contributed by atoms with Crippen molar-refractivity contribution in [3.8, 4) is 5.75 Å². The molecule has 94 valence electrons. The number of benzene rings is 1. The lowest BCUT2D eigenvalue weighted by Crippen LogP contribution is -2.15. The number of hydrogen-bond donors (Lipinski definition) is 1. The first kappa shape index (κ1) is 12.4. The molecule has 0 spiro atoms. The van der Waals surface area contributed by atoms with Crippen molar-refractivity contribution in [3.05, 3.63) is 28.3 Å². The zero-order valence-electron chi connectivity index (χ0n) is 11.2. The maximum absolute atomic E-state index is 5.82. The van der Waals surface area contributed by atoms with Gasteiger partial charge in [-0.15, -0.1) is 0 Å². The topological polar surface area (TPSA) is 35.2 Å². The number of rotatable bonds is 3. The summed E-state index contributed by atoms with van der Waals surface area (Å²) in [5.74, 6) is 1.40. The SMILES string of the molecule is COc1cc2c(c(C)c1C(C)CN)CCCC2. The molecular weight excluding hydrogens is 210 g/mol. The average molecular weight is 233 g/mol. The lowest BCUT2D eigenvalue weighted by atomic mass is 9.83. The highest BCUT2D eigenvalue weighted by Crippen LogP contribution is 2.36. The van der Waals surface area contributed by atoms with Crippen LogP contribution in [0, 0.1) is 6.92 Å². The number of nitrogens with two attached hydrogens (primary N) is 1. The van der Waals surface area contributed by atoms with Crippen LogP contribution in [0.1, 0.15) is 47.9 Å². The first-order valence-electron chi connectivity index (χ1n) is 6.58. The lowest BCUT2D eigenvalue weighted by molar-refractivity contribution is 0.404. The molecule has 0 saturated heterocycles. The van der Waals surface area contributed by atoms with Crippen molar-refractivity contribution in [2.24, 2.45) is 5.73 Å². The monoisotopic (exact) mass is 233 g/mol. The third kappa shape index (κ3) is 2.19. The minimum Gasteiger partial charge on any atom is -0.496 e. The molecule has 1 aromatic rings. The average Bonchev–Trinajstić information content (AvgIpc) is 2.37. The molecule has 0 radical (unpaired) electrons. The van der Waals surface area contributed by atoms with Crippen LogP contribution in [-0.4, -0.2) is 13.7 Å². The van der Waals surface area contributed by atoms with Gasteiger partial charge in [-0.1, -0.05) is 6.92 Å². The van der Waals surface area contributed by atoms with Crippen molar-refractivity contribution < 1.29 is 4.74 Å². The molecule has 0 saturated carbocycles. The Labute approximate surface area is 104 Å². The first-order chi connectivity index (χ1) is 8.19. The molecule has 2 rings (SSSR count). The molecule has 0 amide bonds. The summed E-state index contributed by atoms with van der Waals surface area (Å²) >= 11 is 0. The second kappa shape index (κ2) is 5.09. The Bertz CT molecular complexity index is 412. The van der Waals surface area contributed by atoms with Gasteiger partial charge in [-0.2, -0.15) is 0 Å². The molecule has 2 nitrogen and oxygen atoms in total. The first-order valence-corrected chi connectivity index (χ1v) is 6.58. The summed E-state index contributed by atoms with van der Waals surface area (Å²) in [6, 6.07) is 2.24. The minimum atomic E-state index is 0.372. The van der Waals surface area contributed by atoms with E-state index in [1.165, 1.54) is 42.4 Å². The molecule has 1 aliphatic carbocycles. The standard InChI is InChI=1S/C15H23NO/c1-10(9-16)15-11(2)13-7-5-4-6-12(13)8-14(15)17-3/h8,10H,4-7,9,16H2,1-3H3. The van der Waals surface area contributed by atoms with E-state index in [-0.39, 0.29) is 0 Å². The smallest absolute Gasteiger partial charge is 0.122 e. The summed E-state index contributed by atoms with van der Waals surface area (Å²) in [5, 5.41) is 0. The fraction of sp³-hybridized carbons (Fsp3) is 0.600. The van der Waals surface area contributed by atoms with E-state index in [2.05, 4.69) is 19.9 Å². The number of hydrogen-bond acceptors (Lipinski definition) is 2. The summed E-state index contributed by atoms with van der Waals surface area (Å²) < 4.78 is 5.56. The third-order valence-corrected chi connectivity index (χ3v) is 4.00. The van der Waals surface area contributed by atoms with Gasteiger partial charge in [0.15, 0.2) is 0 Å². The van der Waals surface area contributed by atoms with Gasteiger partial charge in [-0.3, -0.25) is 0 Å². The van der Waals surface area contributed by atoms with Crippen LogP contribution in [-0.2, 0) is 12.8 Å². The van der Waals surface area contributed by atoms with Crippen molar-refractivity contribution in [2.45, 2.75) is 45.4 Å². The molecule has 0 aliphatic heterocycles. The van der Waals surface area contributed by atoms with Crippen molar-refractivity contribution in [2.75, 3.05) is 13.7 Å². The molecule has 0 heterocycles. The molecule has 1 aliphatic rings. The van der Waals surface area contributed by atoms with E-state index in [1.807, 2.05) is 0 Å². The highest BCUT2D eigenvalue weighted by atomic mass is 16.5. The van der Waals surface area contributed by atoms with Crippen LogP contribution >= 0.6 is 0 Å². The van der Waals surface area contributed by atoms with E-state index in [0.29, 0.717) is 12.5 Å². The molecule has 0 bridgehead atoms. The van der Waals surface area contributed by atoms with Gasteiger partial charge in [0.25, 0.3) is 0 Å². The predicted octanol–water partition coefficient (Wildman–Crippen LogP) is 2.94. The van der Waals surface area contributed by atoms with E-state index < -0.39 is 0 Å². The molecule has 17 heavy (non-hydrogen) atoms. The molecule has 0 aromatic heterocycles. The quantitative estimate of drug-likeness (QED) is 0.871. The summed E-state index contributed by atoms with van der Waals surface area (Å²) in [6.07, 6.45) is 5.04. The number of aryl methyl sites for hydroxylation is 1. The zero-order valence-corrected chi connectivity index (χ0v) is 11.2. The maximum atomic E-state index is 5.82. The molecule has 1 atom stereocenters. The second-order valence-electron chi connectivity index (χ2n) is 5.10. The summed E-state index contributed by atoms with van der Waals surface area (Å²) in [6.45, 7) is 5.09. The lowest BCUT2D eigenvalue weighted by Gasteiger charge is -2.25. The molecular formula is C15H23NO. The van der Waals surface area contributed by atoms with Gasteiger partial charge in [0.1, 0.15) is 5.75 Å². The fourth-order valence-electron chi connectivity index (χ4n) is 3.00. The van der Waals surface area contributed by atoms with Gasteiger partial charge < -0.3 is 10.5 Å². The zero-order chi connectivity index (χ0) is 12.4. The van der Waals surface area contributed by atoms with Gasteiger partial charge in [0.2, 0.25) is 0 Å². The van der Waals surface area contributed by atoms with E-state index in [1.54, 1.807) is 12.7 Å². The van der Waals surface area contributed by atoms with Crippen LogP contribution in [0.3, 0.4) is 0 Å². The fourth-order valence-corrected chi connectivity index (χ4v) is 3.00. The summed E-state index contributed by atoms with van der Waals surface area (Å²) in [5.41, 5.74) is 11.6. The van der Waals surface area contributed by atoms with Crippen molar-refractivity contribution in [1.82, 2.24) is 0 Å². The molecule has 2 N–H and O–H groups in total. The Morgan fingerprint density at radius 2 is 2.06 bits per heavy atom. The Morgan fingerprint density at radius 3 is 2.71 bits per heavy atom. The van der Waals surface area contributed by atoms with Crippen LogP contribution in [0.25, 0.3) is 0 Å². The van der Waals surface area contributed by atoms with Gasteiger partial charge in [0, 0.05) is 5.56 Å². The predicted molar refractivity (Wildman–Crippen MR) is 71.8 cm³/mol. The van der Waals surface area contributed by atoms with Gasteiger partial charge in [-0.05, 0) is 67.8 Å². The van der Waals surface area contributed by atoms with Gasteiger partial charge in [-0.25, -0.2) is 0 Å². The molecule has 1 aromatic carbocycles. The van der Waals surface area contributed by atoms with Gasteiger partial charge in [0.05, 0.1) is 7.11 Å². The van der Waals surface area contributed by atoms with Crippen molar-refractivity contribution in [1.29, 1.82) is 0 Å². The Balaban J connectivity index is 2.56. The van der Waals surface area contributed by atoms with Crippen LogP contribution in [0.4, 0.5) is 0 Å². The van der Waals surface area contributed by atoms with Crippen LogP contribution in [0.15, 0.2) is 6.07 Å². The van der Waals surface area contributed by atoms with Crippen LogP contribution < -0.4 is 10.5 Å². The van der Waals surface area contributed by atoms with Crippen LogP contribution in [0.5, 0.6) is 5.75 Å². The van der Waals surface area contributed by atoms with Crippen molar-refractivity contribution >= 4 is 0 Å². The molecule has 1 unspecified atom stereocenters. The minimum absolute atomic E-state index is 0.372. The van der Waals surface area contributed by atoms with Gasteiger partial charge >= 0.3 is 0 Å². The third-order valence-electron chi connectivity index (χ3n) is 4.00. The number of fused-ring (bicyclic) bond motifs is 1. The summed E-state index contributed by atoms with van der Waals surface area (Å²) in [4.78, 5) is 0.